The van der Waals surface area contributed by atoms with Crippen molar-refractivity contribution in [3.63, 3.8) is 0 Å². The van der Waals surface area contributed by atoms with Crippen molar-refractivity contribution in [1.29, 1.82) is 0 Å². The fourth-order valence-electron chi connectivity index (χ4n) is 4.08. The van der Waals surface area contributed by atoms with Crippen LogP contribution in [0.2, 0.25) is 0 Å². The molecule has 1 saturated heterocycles. The summed E-state index contributed by atoms with van der Waals surface area (Å²) in [6.45, 7) is 5.32. The summed E-state index contributed by atoms with van der Waals surface area (Å²) in [5.74, 6) is 1.58. The maximum Gasteiger partial charge on any atom is 0.317 e. The quantitative estimate of drug-likeness (QED) is 0.929. The van der Waals surface area contributed by atoms with E-state index >= 15 is 0 Å². The van der Waals surface area contributed by atoms with Gasteiger partial charge in [0.05, 0.1) is 12.2 Å². The Bertz CT molecular complexity index is 493. The minimum absolute atomic E-state index is 0.0894. The Labute approximate surface area is 133 Å². The second-order valence-corrected chi connectivity index (χ2v) is 6.69. The highest BCUT2D eigenvalue weighted by Gasteiger charge is 2.30. The van der Waals surface area contributed by atoms with Crippen LogP contribution in [0.1, 0.15) is 51.1 Å². The van der Waals surface area contributed by atoms with Gasteiger partial charge < -0.3 is 10.2 Å². The summed E-state index contributed by atoms with van der Waals surface area (Å²) in [6.07, 6.45) is 9.76. The van der Waals surface area contributed by atoms with Crippen molar-refractivity contribution in [2.24, 2.45) is 11.8 Å². The lowest BCUT2D eigenvalue weighted by molar-refractivity contribution is 0.141. The molecule has 1 aromatic rings. The van der Waals surface area contributed by atoms with E-state index in [-0.39, 0.29) is 6.03 Å². The maximum atomic E-state index is 12.4. The van der Waals surface area contributed by atoms with Gasteiger partial charge in [-0.2, -0.15) is 5.10 Å². The van der Waals surface area contributed by atoms with Gasteiger partial charge in [0.25, 0.3) is 0 Å². The zero-order chi connectivity index (χ0) is 15.4. The Morgan fingerprint density at radius 2 is 2.05 bits per heavy atom. The van der Waals surface area contributed by atoms with Crippen molar-refractivity contribution in [1.82, 2.24) is 20.0 Å². The van der Waals surface area contributed by atoms with E-state index < -0.39 is 0 Å². The fraction of sp³-hybridized carbons (Fsp3) is 0.765. The monoisotopic (exact) mass is 304 g/mol. The molecule has 3 rings (SSSR count). The van der Waals surface area contributed by atoms with Crippen LogP contribution < -0.4 is 5.32 Å². The molecule has 0 unspecified atom stereocenters. The molecule has 22 heavy (non-hydrogen) atoms. The number of aromatic nitrogens is 2. The van der Waals surface area contributed by atoms with Crippen molar-refractivity contribution in [3.05, 3.63) is 18.0 Å². The van der Waals surface area contributed by atoms with E-state index in [1.165, 1.54) is 32.1 Å². The van der Waals surface area contributed by atoms with Gasteiger partial charge in [-0.1, -0.05) is 25.7 Å². The van der Waals surface area contributed by atoms with Gasteiger partial charge in [-0.25, -0.2) is 4.79 Å². The molecule has 5 heteroatoms. The molecule has 2 heterocycles. The number of hydrogen-bond acceptors (Lipinski definition) is 2. The second-order valence-electron chi connectivity index (χ2n) is 6.69. The standard InChI is InChI=1S/C17H28N4O/c1-2-21-16(9-10-19-21)12-18-17(22)20-11-5-8-15(13-20)14-6-3-4-7-14/h9-10,14-15H,2-8,11-13H2,1H3,(H,18,22)/t15-/m0/s1. The van der Waals surface area contributed by atoms with Gasteiger partial charge >= 0.3 is 6.03 Å². The smallest absolute Gasteiger partial charge is 0.317 e. The van der Waals surface area contributed by atoms with E-state index in [0.29, 0.717) is 6.54 Å². The first-order chi connectivity index (χ1) is 10.8. The number of nitrogens with one attached hydrogen (secondary N) is 1. The van der Waals surface area contributed by atoms with E-state index in [2.05, 4.69) is 17.3 Å². The highest BCUT2D eigenvalue weighted by atomic mass is 16.2. The molecule has 0 aromatic carbocycles. The zero-order valence-electron chi connectivity index (χ0n) is 13.6. The van der Waals surface area contributed by atoms with Crippen LogP contribution >= 0.6 is 0 Å². The van der Waals surface area contributed by atoms with Crippen LogP contribution in [0.3, 0.4) is 0 Å². The number of aryl methyl sites for hydroxylation is 1. The van der Waals surface area contributed by atoms with Crippen molar-refractivity contribution in [3.8, 4) is 0 Å². The third-order valence-corrected chi connectivity index (χ3v) is 5.34. The van der Waals surface area contributed by atoms with Gasteiger partial charge in [-0.3, -0.25) is 4.68 Å². The average Bonchev–Trinajstić information content (AvgIpc) is 3.23. The Balaban J connectivity index is 1.51. The fourth-order valence-corrected chi connectivity index (χ4v) is 4.08. The summed E-state index contributed by atoms with van der Waals surface area (Å²) in [5, 5.41) is 7.31. The normalized spacial score (nSPS) is 23.0. The molecule has 1 aliphatic carbocycles. The third kappa shape index (κ3) is 3.45. The summed E-state index contributed by atoms with van der Waals surface area (Å²) >= 11 is 0. The number of carbonyl (C=O) groups is 1. The Morgan fingerprint density at radius 3 is 2.82 bits per heavy atom. The molecule has 1 N–H and O–H groups in total. The minimum Gasteiger partial charge on any atom is -0.332 e. The molecular weight excluding hydrogens is 276 g/mol. The first-order valence-corrected chi connectivity index (χ1v) is 8.81. The SMILES string of the molecule is CCn1nccc1CNC(=O)N1CCC[C@H](C2CCCC2)C1. The second kappa shape index (κ2) is 7.16. The van der Waals surface area contributed by atoms with E-state index in [1.54, 1.807) is 6.20 Å². The zero-order valence-corrected chi connectivity index (χ0v) is 13.6. The Morgan fingerprint density at radius 1 is 1.27 bits per heavy atom. The first-order valence-electron chi connectivity index (χ1n) is 8.81. The summed E-state index contributed by atoms with van der Waals surface area (Å²) in [4.78, 5) is 14.5. The summed E-state index contributed by atoms with van der Waals surface area (Å²) in [6, 6.07) is 2.06. The number of urea groups is 1. The first kappa shape index (κ1) is 15.4. The number of hydrogen-bond donors (Lipinski definition) is 1. The topological polar surface area (TPSA) is 50.2 Å². The highest BCUT2D eigenvalue weighted by Crippen LogP contribution is 2.35. The van der Waals surface area contributed by atoms with Crippen molar-refractivity contribution >= 4 is 6.03 Å². The van der Waals surface area contributed by atoms with Crippen molar-refractivity contribution in [2.75, 3.05) is 13.1 Å². The third-order valence-electron chi connectivity index (χ3n) is 5.34. The van der Waals surface area contributed by atoms with Gasteiger partial charge in [0, 0.05) is 25.8 Å². The molecular formula is C17H28N4O. The minimum atomic E-state index is 0.0894. The van der Waals surface area contributed by atoms with Gasteiger partial charge in [0.15, 0.2) is 0 Å². The number of carbonyl (C=O) groups excluding carboxylic acids is 1. The van der Waals surface area contributed by atoms with E-state index in [9.17, 15) is 4.79 Å². The lowest BCUT2D eigenvalue weighted by Gasteiger charge is -2.35. The lowest BCUT2D eigenvalue weighted by atomic mass is 9.84. The molecule has 0 spiro atoms. The predicted octanol–water partition coefficient (Wildman–Crippen LogP) is 3.01. The molecule has 0 bridgehead atoms. The van der Waals surface area contributed by atoms with E-state index in [1.807, 2.05) is 15.6 Å². The molecule has 1 aliphatic heterocycles. The van der Waals surface area contributed by atoms with Crippen LogP contribution in [0.25, 0.3) is 0 Å². The van der Waals surface area contributed by atoms with Crippen LogP contribution in [0, 0.1) is 11.8 Å². The largest absolute Gasteiger partial charge is 0.332 e. The van der Waals surface area contributed by atoms with Gasteiger partial charge in [0.1, 0.15) is 0 Å². The van der Waals surface area contributed by atoms with E-state index in [4.69, 9.17) is 0 Å². The average molecular weight is 304 g/mol. The predicted molar refractivity (Wildman–Crippen MR) is 86.4 cm³/mol. The molecule has 2 fully saturated rings. The van der Waals surface area contributed by atoms with Crippen LogP contribution in [-0.4, -0.2) is 33.8 Å². The summed E-state index contributed by atoms with van der Waals surface area (Å²) < 4.78 is 1.93. The maximum absolute atomic E-state index is 12.4. The molecule has 1 atom stereocenters. The van der Waals surface area contributed by atoms with Crippen molar-refractivity contribution in [2.45, 2.75) is 58.5 Å². The molecule has 2 aliphatic rings. The molecule has 1 saturated carbocycles. The van der Waals surface area contributed by atoms with Gasteiger partial charge in [0.2, 0.25) is 0 Å². The molecule has 122 valence electrons. The Hall–Kier alpha value is -1.52. The molecule has 0 radical (unpaired) electrons. The molecule has 2 amide bonds. The summed E-state index contributed by atoms with van der Waals surface area (Å²) in [5.41, 5.74) is 1.07. The van der Waals surface area contributed by atoms with Gasteiger partial charge in [-0.15, -0.1) is 0 Å². The highest BCUT2D eigenvalue weighted by molar-refractivity contribution is 5.74. The van der Waals surface area contributed by atoms with Crippen LogP contribution in [-0.2, 0) is 13.1 Å². The number of piperidine rings is 1. The van der Waals surface area contributed by atoms with E-state index in [0.717, 1.165) is 43.6 Å². The summed E-state index contributed by atoms with van der Waals surface area (Å²) in [7, 11) is 0. The Kier molecular flexibility index (Phi) is 5.01. The van der Waals surface area contributed by atoms with Crippen molar-refractivity contribution < 1.29 is 4.79 Å². The van der Waals surface area contributed by atoms with Crippen LogP contribution in [0.5, 0.6) is 0 Å². The number of amides is 2. The van der Waals surface area contributed by atoms with Crippen LogP contribution in [0.15, 0.2) is 12.3 Å². The number of nitrogens with zero attached hydrogens (tertiary/aromatic N) is 3. The lowest BCUT2D eigenvalue weighted by Crippen LogP contribution is -2.46. The number of likely N-dealkylation sites (tertiary alicyclic amines) is 1. The number of rotatable bonds is 4. The van der Waals surface area contributed by atoms with Gasteiger partial charge in [-0.05, 0) is 37.7 Å². The molecule has 5 nitrogen and oxygen atoms in total. The van der Waals surface area contributed by atoms with Crippen LogP contribution in [0.4, 0.5) is 4.79 Å². The molecule has 1 aromatic heterocycles.